The molecule has 3 N–H and O–H groups in total. The van der Waals surface area contributed by atoms with Crippen LogP contribution in [0.5, 0.6) is 11.5 Å². The second kappa shape index (κ2) is 8.21. The number of amides is 2. The van der Waals surface area contributed by atoms with Gasteiger partial charge in [0.2, 0.25) is 5.91 Å². The molecule has 0 unspecified atom stereocenters. The second-order valence-corrected chi connectivity index (χ2v) is 5.45. The van der Waals surface area contributed by atoms with Crippen LogP contribution >= 0.6 is 11.6 Å². The molecule has 2 aromatic rings. The molecular formula is C17H17ClN2O4. The van der Waals surface area contributed by atoms with Crippen LogP contribution in [0.4, 0.5) is 5.69 Å². The molecule has 0 radical (unpaired) electrons. The minimum Gasteiger partial charge on any atom is -0.506 e. The number of carbonyl (C=O) groups is 2. The Morgan fingerprint density at radius 1 is 1.21 bits per heavy atom. The van der Waals surface area contributed by atoms with E-state index in [9.17, 15) is 14.7 Å². The number of aromatic hydroxyl groups is 1. The molecule has 0 saturated heterocycles. The number of hydrogen-bond acceptors (Lipinski definition) is 4. The minimum absolute atomic E-state index is 0.0749. The Kier molecular flexibility index (Phi) is 6.03. The smallest absolute Gasteiger partial charge is 0.258 e. The van der Waals surface area contributed by atoms with Gasteiger partial charge in [0, 0.05) is 5.69 Å². The molecule has 0 aliphatic carbocycles. The van der Waals surface area contributed by atoms with Crippen molar-refractivity contribution in [2.45, 2.75) is 13.0 Å². The van der Waals surface area contributed by atoms with E-state index in [-0.39, 0.29) is 17.4 Å². The van der Waals surface area contributed by atoms with Crippen LogP contribution in [0.1, 0.15) is 6.92 Å². The molecule has 7 heteroatoms. The summed E-state index contributed by atoms with van der Waals surface area (Å²) in [6.07, 6.45) is 0. The highest BCUT2D eigenvalue weighted by atomic mass is 35.5. The highest BCUT2D eigenvalue weighted by molar-refractivity contribution is 6.32. The Morgan fingerprint density at radius 2 is 1.92 bits per heavy atom. The quantitative estimate of drug-likeness (QED) is 0.700. The molecule has 126 valence electrons. The number of hydrogen-bond donors (Lipinski definition) is 3. The number of carbonyl (C=O) groups excluding carboxylic acids is 2. The van der Waals surface area contributed by atoms with Gasteiger partial charge in [-0.3, -0.25) is 9.59 Å². The summed E-state index contributed by atoms with van der Waals surface area (Å²) in [5.74, 6) is -0.326. The maximum absolute atomic E-state index is 12.0. The average molecular weight is 349 g/mol. The molecule has 2 aromatic carbocycles. The number of rotatable bonds is 6. The van der Waals surface area contributed by atoms with Crippen molar-refractivity contribution in [1.82, 2.24) is 5.32 Å². The highest BCUT2D eigenvalue weighted by Crippen LogP contribution is 2.26. The summed E-state index contributed by atoms with van der Waals surface area (Å²) in [6.45, 7) is 1.37. The maximum atomic E-state index is 12.0. The molecule has 0 bridgehead atoms. The monoisotopic (exact) mass is 348 g/mol. The van der Waals surface area contributed by atoms with Gasteiger partial charge >= 0.3 is 0 Å². The van der Waals surface area contributed by atoms with Crippen LogP contribution in [-0.2, 0) is 9.59 Å². The zero-order chi connectivity index (χ0) is 17.5. The molecule has 2 rings (SSSR count). The zero-order valence-electron chi connectivity index (χ0n) is 13.0. The molecule has 0 aromatic heterocycles. The van der Waals surface area contributed by atoms with E-state index >= 15 is 0 Å². The Labute approximate surface area is 144 Å². The lowest BCUT2D eigenvalue weighted by molar-refractivity contribution is -0.127. The van der Waals surface area contributed by atoms with Crippen LogP contribution in [0.15, 0.2) is 48.5 Å². The van der Waals surface area contributed by atoms with Crippen LogP contribution in [0.3, 0.4) is 0 Å². The van der Waals surface area contributed by atoms with Gasteiger partial charge in [0.15, 0.2) is 6.61 Å². The SMILES string of the molecule is C[C@H](NC(=O)COc1ccccc1)C(=O)Nc1ccc(O)c(Cl)c1. The van der Waals surface area contributed by atoms with Gasteiger partial charge in [0.25, 0.3) is 5.91 Å². The fraction of sp³-hybridized carbons (Fsp3) is 0.176. The van der Waals surface area contributed by atoms with Crippen molar-refractivity contribution in [3.05, 3.63) is 53.6 Å². The number of halogens is 1. The van der Waals surface area contributed by atoms with Crippen molar-refractivity contribution >= 4 is 29.1 Å². The molecule has 6 nitrogen and oxygen atoms in total. The summed E-state index contributed by atoms with van der Waals surface area (Å²) >= 11 is 5.77. The number of phenolic OH excluding ortho intramolecular Hbond substituents is 1. The van der Waals surface area contributed by atoms with E-state index in [1.54, 1.807) is 31.2 Å². The maximum Gasteiger partial charge on any atom is 0.258 e. The Balaban J connectivity index is 1.82. The number of benzene rings is 2. The molecule has 0 aliphatic heterocycles. The number of phenols is 1. The van der Waals surface area contributed by atoms with Gasteiger partial charge in [0.05, 0.1) is 5.02 Å². The molecule has 24 heavy (non-hydrogen) atoms. The predicted molar refractivity (Wildman–Crippen MR) is 91.3 cm³/mol. The summed E-state index contributed by atoms with van der Waals surface area (Å²) in [4.78, 5) is 23.9. The summed E-state index contributed by atoms with van der Waals surface area (Å²) in [7, 11) is 0. The van der Waals surface area contributed by atoms with Crippen molar-refractivity contribution in [3.8, 4) is 11.5 Å². The van der Waals surface area contributed by atoms with E-state index < -0.39 is 17.9 Å². The van der Waals surface area contributed by atoms with Gasteiger partial charge in [-0.25, -0.2) is 0 Å². The topological polar surface area (TPSA) is 87.7 Å². The minimum atomic E-state index is -0.760. The molecule has 0 saturated carbocycles. The Bertz CT molecular complexity index is 722. The first-order valence-electron chi connectivity index (χ1n) is 7.22. The van der Waals surface area contributed by atoms with Gasteiger partial charge in [-0.2, -0.15) is 0 Å². The number of anilines is 1. The molecule has 0 spiro atoms. The summed E-state index contributed by atoms with van der Waals surface area (Å²) < 4.78 is 5.31. The van der Waals surface area contributed by atoms with E-state index in [1.807, 2.05) is 6.07 Å². The first kappa shape index (κ1) is 17.6. The van der Waals surface area contributed by atoms with Crippen LogP contribution in [-0.4, -0.2) is 29.6 Å². The highest BCUT2D eigenvalue weighted by Gasteiger charge is 2.16. The average Bonchev–Trinajstić information content (AvgIpc) is 2.57. The lowest BCUT2D eigenvalue weighted by atomic mass is 10.2. The summed E-state index contributed by atoms with van der Waals surface area (Å²) in [5, 5.41) is 14.6. The van der Waals surface area contributed by atoms with Crippen molar-refractivity contribution in [1.29, 1.82) is 0 Å². The van der Waals surface area contributed by atoms with Crippen LogP contribution in [0, 0.1) is 0 Å². The van der Waals surface area contributed by atoms with Gasteiger partial charge in [-0.15, -0.1) is 0 Å². The summed E-state index contributed by atoms with van der Waals surface area (Å²) in [6, 6.07) is 12.4. The van der Waals surface area contributed by atoms with Gasteiger partial charge in [0.1, 0.15) is 17.5 Å². The Morgan fingerprint density at radius 3 is 2.58 bits per heavy atom. The molecule has 0 heterocycles. The lowest BCUT2D eigenvalue weighted by Crippen LogP contribution is -2.43. The lowest BCUT2D eigenvalue weighted by Gasteiger charge is -2.15. The zero-order valence-corrected chi connectivity index (χ0v) is 13.7. The van der Waals surface area contributed by atoms with Crippen molar-refractivity contribution in [2.24, 2.45) is 0 Å². The van der Waals surface area contributed by atoms with Gasteiger partial charge in [-0.05, 0) is 37.3 Å². The van der Waals surface area contributed by atoms with Crippen LogP contribution in [0.25, 0.3) is 0 Å². The second-order valence-electron chi connectivity index (χ2n) is 5.05. The van der Waals surface area contributed by atoms with E-state index in [4.69, 9.17) is 16.3 Å². The standard InChI is InChI=1S/C17H17ClN2O4/c1-11(17(23)20-12-7-8-15(21)14(18)9-12)19-16(22)10-24-13-5-3-2-4-6-13/h2-9,11,21H,10H2,1H3,(H,19,22)(H,20,23)/t11-/m0/s1. The normalized spacial score (nSPS) is 11.4. The largest absolute Gasteiger partial charge is 0.506 e. The first-order valence-corrected chi connectivity index (χ1v) is 7.60. The summed E-state index contributed by atoms with van der Waals surface area (Å²) in [5.41, 5.74) is 0.421. The Hall–Kier alpha value is -2.73. The van der Waals surface area contributed by atoms with Crippen molar-refractivity contribution in [2.75, 3.05) is 11.9 Å². The number of ether oxygens (including phenoxy) is 1. The van der Waals surface area contributed by atoms with E-state index in [1.165, 1.54) is 18.2 Å². The third-order valence-electron chi connectivity index (χ3n) is 3.10. The van der Waals surface area contributed by atoms with E-state index in [2.05, 4.69) is 10.6 Å². The fourth-order valence-electron chi connectivity index (χ4n) is 1.85. The van der Waals surface area contributed by atoms with Crippen molar-refractivity contribution < 1.29 is 19.4 Å². The van der Waals surface area contributed by atoms with E-state index in [0.717, 1.165) is 0 Å². The molecular weight excluding hydrogens is 332 g/mol. The third-order valence-corrected chi connectivity index (χ3v) is 3.40. The van der Waals surface area contributed by atoms with Gasteiger partial charge in [-0.1, -0.05) is 29.8 Å². The molecule has 1 atom stereocenters. The molecule has 0 aliphatic rings. The van der Waals surface area contributed by atoms with E-state index in [0.29, 0.717) is 11.4 Å². The molecule has 0 fully saturated rings. The predicted octanol–water partition coefficient (Wildman–Crippen LogP) is 2.57. The van der Waals surface area contributed by atoms with Crippen LogP contribution in [0.2, 0.25) is 5.02 Å². The number of nitrogens with one attached hydrogen (secondary N) is 2. The number of para-hydroxylation sites is 1. The third kappa shape index (κ3) is 5.17. The fourth-order valence-corrected chi connectivity index (χ4v) is 2.03. The first-order chi connectivity index (χ1) is 11.5. The van der Waals surface area contributed by atoms with Gasteiger partial charge < -0.3 is 20.5 Å². The van der Waals surface area contributed by atoms with Crippen molar-refractivity contribution in [3.63, 3.8) is 0 Å². The van der Waals surface area contributed by atoms with Crippen LogP contribution < -0.4 is 15.4 Å². The molecule has 2 amide bonds.